The van der Waals surface area contributed by atoms with Crippen molar-refractivity contribution in [2.45, 2.75) is 57.9 Å². The minimum absolute atomic E-state index is 0.0568. The van der Waals surface area contributed by atoms with E-state index in [1.165, 1.54) is 12.1 Å². The summed E-state index contributed by atoms with van der Waals surface area (Å²) in [5, 5.41) is 0. The normalized spacial score (nSPS) is 19.2. The summed E-state index contributed by atoms with van der Waals surface area (Å²) >= 11 is 0. The zero-order chi connectivity index (χ0) is 24.0. The predicted molar refractivity (Wildman–Crippen MR) is 110 cm³/mol. The van der Waals surface area contributed by atoms with Gasteiger partial charge < -0.3 is 14.2 Å². The summed E-state index contributed by atoms with van der Waals surface area (Å²) in [4.78, 5) is 0. The first-order valence-electron chi connectivity index (χ1n) is 10.9. The Hall–Kier alpha value is -2.26. The standard InChI is InChI=1S/C24H26F6O3/c1-2-3-4-16-13-31-21(32-14-16)10-5-15-11-19(25)22(20(26)12-15)17-6-8-18(9-7-17)33-24(29,30)23(27)28/h6-9,11-12,16,21,23H,2-5,10,13-14H2,1H3. The van der Waals surface area contributed by atoms with Gasteiger partial charge in [0.15, 0.2) is 6.29 Å². The van der Waals surface area contributed by atoms with Gasteiger partial charge in [-0.15, -0.1) is 0 Å². The first kappa shape index (κ1) is 25.4. The minimum Gasteiger partial charge on any atom is -0.428 e. The molecule has 0 bridgehead atoms. The first-order valence-corrected chi connectivity index (χ1v) is 10.9. The number of alkyl halides is 4. The summed E-state index contributed by atoms with van der Waals surface area (Å²) in [7, 11) is 0. The van der Waals surface area contributed by atoms with Crippen LogP contribution in [-0.4, -0.2) is 32.0 Å². The molecule has 1 saturated heterocycles. The number of unbranched alkanes of at least 4 members (excludes halogenated alkanes) is 1. The third-order valence-corrected chi connectivity index (χ3v) is 5.42. The lowest BCUT2D eigenvalue weighted by atomic mass is 10.00. The van der Waals surface area contributed by atoms with Crippen LogP contribution in [0.1, 0.15) is 38.2 Å². The molecule has 0 N–H and O–H groups in total. The molecule has 0 spiro atoms. The van der Waals surface area contributed by atoms with Crippen LogP contribution in [-0.2, 0) is 15.9 Å². The SMILES string of the molecule is CCCCC1COC(CCc2cc(F)c(-c3ccc(OC(F)(F)C(F)F)cc3)c(F)c2)OC1. The summed E-state index contributed by atoms with van der Waals surface area (Å²) in [5.74, 6) is -1.84. The van der Waals surface area contributed by atoms with E-state index in [0.29, 0.717) is 37.5 Å². The van der Waals surface area contributed by atoms with Gasteiger partial charge in [0.05, 0.1) is 18.8 Å². The lowest BCUT2D eigenvalue weighted by molar-refractivity contribution is -0.253. The zero-order valence-corrected chi connectivity index (χ0v) is 18.1. The quantitative estimate of drug-likeness (QED) is 0.346. The van der Waals surface area contributed by atoms with Crippen molar-refractivity contribution in [3.8, 4) is 16.9 Å². The van der Waals surface area contributed by atoms with Crippen LogP contribution in [0.25, 0.3) is 11.1 Å². The van der Waals surface area contributed by atoms with Gasteiger partial charge >= 0.3 is 12.5 Å². The molecule has 0 saturated carbocycles. The van der Waals surface area contributed by atoms with Crippen molar-refractivity contribution >= 4 is 0 Å². The third kappa shape index (κ3) is 6.86. The van der Waals surface area contributed by atoms with Crippen molar-refractivity contribution in [2.24, 2.45) is 5.92 Å². The summed E-state index contributed by atoms with van der Waals surface area (Å²) < 4.78 is 95.1. The van der Waals surface area contributed by atoms with Crippen LogP contribution < -0.4 is 4.74 Å². The summed E-state index contributed by atoms with van der Waals surface area (Å²) in [6.45, 7) is 3.34. The smallest absolute Gasteiger partial charge is 0.428 e. The van der Waals surface area contributed by atoms with Crippen molar-refractivity contribution in [2.75, 3.05) is 13.2 Å². The molecule has 2 aromatic carbocycles. The maximum absolute atomic E-state index is 14.7. The number of halogens is 6. The van der Waals surface area contributed by atoms with Gasteiger partial charge in [-0.25, -0.2) is 8.78 Å². The van der Waals surface area contributed by atoms with Gasteiger partial charge in [0.1, 0.15) is 17.4 Å². The Bertz CT molecular complexity index is 873. The predicted octanol–water partition coefficient (Wildman–Crippen LogP) is 6.98. The Kier molecular flexibility index (Phi) is 8.64. The highest BCUT2D eigenvalue weighted by Crippen LogP contribution is 2.32. The van der Waals surface area contributed by atoms with Crippen LogP contribution in [0.2, 0.25) is 0 Å². The second-order valence-electron chi connectivity index (χ2n) is 8.07. The second-order valence-corrected chi connectivity index (χ2v) is 8.07. The number of benzene rings is 2. The Labute approximate surface area is 188 Å². The molecule has 3 rings (SSSR count). The van der Waals surface area contributed by atoms with Crippen LogP contribution in [0.5, 0.6) is 5.75 Å². The number of rotatable bonds is 10. The fourth-order valence-electron chi connectivity index (χ4n) is 3.63. The first-order chi connectivity index (χ1) is 15.7. The van der Waals surface area contributed by atoms with E-state index < -0.39 is 36.2 Å². The van der Waals surface area contributed by atoms with E-state index in [4.69, 9.17) is 9.47 Å². The average Bonchev–Trinajstić information content (AvgIpc) is 2.77. The molecule has 0 atom stereocenters. The van der Waals surface area contributed by atoms with Gasteiger partial charge in [0.25, 0.3) is 0 Å². The maximum atomic E-state index is 14.7. The van der Waals surface area contributed by atoms with Gasteiger partial charge in [0.2, 0.25) is 0 Å². The molecule has 182 valence electrons. The van der Waals surface area contributed by atoms with Crippen molar-refractivity contribution in [1.29, 1.82) is 0 Å². The molecule has 33 heavy (non-hydrogen) atoms. The Morgan fingerprint density at radius 2 is 1.61 bits per heavy atom. The Balaban J connectivity index is 1.60. The number of aryl methyl sites for hydroxylation is 1. The highest BCUT2D eigenvalue weighted by Gasteiger charge is 2.43. The molecule has 0 amide bonds. The second kappa shape index (κ2) is 11.2. The fraction of sp³-hybridized carbons (Fsp3) is 0.500. The van der Waals surface area contributed by atoms with E-state index in [-0.39, 0.29) is 11.1 Å². The molecule has 1 heterocycles. The lowest BCUT2D eigenvalue weighted by Gasteiger charge is -2.29. The van der Waals surface area contributed by atoms with Gasteiger partial charge in [-0.2, -0.15) is 17.6 Å². The monoisotopic (exact) mass is 476 g/mol. The number of hydrogen-bond donors (Lipinski definition) is 0. The molecule has 0 aromatic heterocycles. The van der Waals surface area contributed by atoms with E-state index in [1.807, 2.05) is 0 Å². The molecular formula is C24H26F6O3. The van der Waals surface area contributed by atoms with Crippen LogP contribution in [0.15, 0.2) is 36.4 Å². The molecule has 9 heteroatoms. The van der Waals surface area contributed by atoms with E-state index in [9.17, 15) is 26.3 Å². The number of hydrogen-bond acceptors (Lipinski definition) is 3. The van der Waals surface area contributed by atoms with Crippen LogP contribution >= 0.6 is 0 Å². The topological polar surface area (TPSA) is 27.7 Å². The molecule has 0 unspecified atom stereocenters. The molecule has 1 aliphatic heterocycles. The van der Waals surface area contributed by atoms with E-state index in [2.05, 4.69) is 11.7 Å². The molecule has 2 aromatic rings. The van der Waals surface area contributed by atoms with Crippen molar-refractivity contribution in [1.82, 2.24) is 0 Å². The van der Waals surface area contributed by atoms with E-state index in [0.717, 1.165) is 43.5 Å². The molecule has 1 aliphatic rings. The molecule has 1 fully saturated rings. The van der Waals surface area contributed by atoms with E-state index >= 15 is 0 Å². The van der Waals surface area contributed by atoms with Crippen LogP contribution in [0.4, 0.5) is 26.3 Å². The summed E-state index contributed by atoms with van der Waals surface area (Å²) in [5.41, 5.74) is 0.127. The highest BCUT2D eigenvalue weighted by atomic mass is 19.3. The van der Waals surface area contributed by atoms with Gasteiger partial charge in [0, 0.05) is 12.3 Å². The largest absolute Gasteiger partial charge is 0.461 e. The molecule has 0 aliphatic carbocycles. The van der Waals surface area contributed by atoms with Crippen molar-refractivity contribution in [3.05, 3.63) is 53.6 Å². The van der Waals surface area contributed by atoms with Gasteiger partial charge in [-0.1, -0.05) is 31.9 Å². The van der Waals surface area contributed by atoms with E-state index in [1.54, 1.807) is 0 Å². The average molecular weight is 476 g/mol. The highest BCUT2D eigenvalue weighted by molar-refractivity contribution is 5.66. The van der Waals surface area contributed by atoms with Crippen molar-refractivity contribution < 1.29 is 40.6 Å². The van der Waals surface area contributed by atoms with Crippen LogP contribution in [0.3, 0.4) is 0 Å². The van der Waals surface area contributed by atoms with Gasteiger partial charge in [-0.3, -0.25) is 0 Å². The van der Waals surface area contributed by atoms with Crippen molar-refractivity contribution in [3.63, 3.8) is 0 Å². The Morgan fingerprint density at radius 3 is 2.15 bits per heavy atom. The molecule has 3 nitrogen and oxygen atoms in total. The minimum atomic E-state index is -4.66. The zero-order valence-electron chi connectivity index (χ0n) is 18.1. The molecular weight excluding hydrogens is 450 g/mol. The lowest BCUT2D eigenvalue weighted by Crippen LogP contribution is -2.33. The summed E-state index contributed by atoms with van der Waals surface area (Å²) in [6, 6.07) is 6.53. The molecule has 0 radical (unpaired) electrons. The Morgan fingerprint density at radius 1 is 1.00 bits per heavy atom. The fourth-order valence-corrected chi connectivity index (χ4v) is 3.63. The maximum Gasteiger partial charge on any atom is 0.461 e. The van der Waals surface area contributed by atoms with Crippen LogP contribution in [0, 0.1) is 17.6 Å². The number of ether oxygens (including phenoxy) is 3. The van der Waals surface area contributed by atoms with Gasteiger partial charge in [-0.05, 0) is 48.2 Å². The third-order valence-electron chi connectivity index (χ3n) is 5.42. The summed E-state index contributed by atoms with van der Waals surface area (Å²) in [6.07, 6.45) is -5.04.